The SMILES string of the molecule is [2H]C([2H])([2H])[n+]1[c-]n(-c2[c-]c(Oc3[c-]c(-c4ccccn4)ccc3)ccc2)c2cccc(-c3c(-n4c5ccccc5c5ccccc54)cccc3-n3c4ccccc4c4ccccc43)c21.[Pt]. The van der Waals surface area contributed by atoms with Gasteiger partial charge in [0.05, 0.1) is 55.6 Å². The van der Waals surface area contributed by atoms with Gasteiger partial charge in [-0.3, -0.25) is 0 Å². The first-order valence-corrected chi connectivity index (χ1v) is 20.1. The third-order valence-electron chi connectivity index (χ3n) is 11.5. The minimum Gasteiger partial charge on any atom is -0.504 e. The minimum absolute atomic E-state index is 0. The second-order valence-corrected chi connectivity index (χ2v) is 15.0. The van der Waals surface area contributed by atoms with Gasteiger partial charge in [0.2, 0.25) is 6.33 Å². The van der Waals surface area contributed by atoms with E-state index in [-0.39, 0.29) is 21.1 Å². The predicted molar refractivity (Wildman–Crippen MR) is 245 cm³/mol. The van der Waals surface area contributed by atoms with Crippen molar-refractivity contribution in [2.24, 2.45) is 6.98 Å². The van der Waals surface area contributed by atoms with E-state index in [2.05, 4.69) is 148 Å². The molecule has 8 aromatic carbocycles. The monoisotopic (exact) mass is 979 g/mol. The maximum absolute atomic E-state index is 8.99. The van der Waals surface area contributed by atoms with Gasteiger partial charge in [-0.2, -0.15) is 12.1 Å². The fourth-order valence-corrected chi connectivity index (χ4v) is 9.00. The van der Waals surface area contributed by atoms with Crippen molar-refractivity contribution in [2.45, 2.75) is 0 Å². The molecule has 0 unspecified atom stereocenters. The third kappa shape index (κ3) is 5.98. The van der Waals surface area contributed by atoms with Crippen molar-refractivity contribution < 1.29 is 34.5 Å². The van der Waals surface area contributed by atoms with Crippen LogP contribution in [0.15, 0.2) is 194 Å². The van der Waals surface area contributed by atoms with Crippen molar-refractivity contribution in [2.75, 3.05) is 0 Å². The molecule has 0 saturated carbocycles. The molecule has 0 bridgehead atoms. The molecule has 0 spiro atoms. The summed E-state index contributed by atoms with van der Waals surface area (Å²) in [6.45, 7) is -2.61. The van der Waals surface area contributed by atoms with Crippen LogP contribution in [0.4, 0.5) is 0 Å². The molecule has 12 aromatic rings. The van der Waals surface area contributed by atoms with Crippen LogP contribution in [0.3, 0.4) is 0 Å². The van der Waals surface area contributed by atoms with Gasteiger partial charge in [0.15, 0.2) is 0 Å². The summed E-state index contributed by atoms with van der Waals surface area (Å²) < 4.78 is 41.0. The van der Waals surface area contributed by atoms with Crippen molar-refractivity contribution >= 4 is 54.6 Å². The van der Waals surface area contributed by atoms with Crippen LogP contribution < -0.4 is 9.30 Å². The van der Waals surface area contributed by atoms with Crippen LogP contribution in [0.1, 0.15) is 4.11 Å². The van der Waals surface area contributed by atoms with Crippen molar-refractivity contribution in [3.8, 4) is 50.9 Å². The van der Waals surface area contributed by atoms with Gasteiger partial charge in [-0.1, -0.05) is 121 Å². The Morgan fingerprint density at radius 3 is 1.61 bits per heavy atom. The van der Waals surface area contributed by atoms with Crippen LogP contribution in [0.25, 0.3) is 94.1 Å². The van der Waals surface area contributed by atoms with E-state index >= 15 is 0 Å². The second kappa shape index (κ2) is 15.2. The normalized spacial score (nSPS) is 12.4. The van der Waals surface area contributed by atoms with Crippen LogP contribution in [0.2, 0.25) is 0 Å². The number of imidazole rings is 1. The third-order valence-corrected chi connectivity index (χ3v) is 11.5. The summed E-state index contributed by atoms with van der Waals surface area (Å²) in [4.78, 5) is 4.47. The van der Waals surface area contributed by atoms with Gasteiger partial charge >= 0.3 is 0 Å². The number of nitrogens with zero attached hydrogens (tertiary/aromatic N) is 5. The Balaban J connectivity index is 0.00000469. The molecule has 62 heavy (non-hydrogen) atoms. The number of aromatic nitrogens is 5. The van der Waals surface area contributed by atoms with Crippen LogP contribution in [0, 0.1) is 18.5 Å². The smallest absolute Gasteiger partial charge is 0.242 e. The molecule has 0 atom stereocenters. The van der Waals surface area contributed by atoms with E-state index < -0.39 is 6.98 Å². The Kier molecular flexibility index (Phi) is 8.38. The zero-order valence-electron chi connectivity index (χ0n) is 35.9. The summed E-state index contributed by atoms with van der Waals surface area (Å²) in [5, 5.41) is 4.50. The van der Waals surface area contributed by atoms with Gasteiger partial charge in [0.25, 0.3) is 0 Å². The largest absolute Gasteiger partial charge is 0.504 e. The quantitative estimate of drug-likeness (QED) is 0.118. The average molecular weight is 980 g/mol. The Hall–Kier alpha value is -7.53. The van der Waals surface area contributed by atoms with E-state index in [0.29, 0.717) is 28.2 Å². The Morgan fingerprint density at radius 1 is 0.516 bits per heavy atom. The summed E-state index contributed by atoms with van der Waals surface area (Å²) in [5.74, 6) is 0.932. The molecule has 0 N–H and O–H groups in total. The van der Waals surface area contributed by atoms with Gasteiger partial charge < -0.3 is 28.0 Å². The summed E-state index contributed by atoms with van der Waals surface area (Å²) in [7, 11) is 0. The van der Waals surface area contributed by atoms with E-state index in [1.54, 1.807) is 10.8 Å². The van der Waals surface area contributed by atoms with E-state index in [1.807, 2.05) is 72.8 Å². The van der Waals surface area contributed by atoms with Crippen molar-refractivity contribution in [3.05, 3.63) is 213 Å². The Labute approximate surface area is 376 Å². The van der Waals surface area contributed by atoms with E-state index in [9.17, 15) is 0 Å². The van der Waals surface area contributed by atoms with Crippen molar-refractivity contribution in [1.82, 2.24) is 18.7 Å². The number of aryl methyl sites for hydroxylation is 1. The van der Waals surface area contributed by atoms with Crippen molar-refractivity contribution in [1.29, 1.82) is 0 Å². The van der Waals surface area contributed by atoms with Gasteiger partial charge in [0, 0.05) is 65.9 Å². The zero-order chi connectivity index (χ0) is 42.9. The molecule has 4 aromatic heterocycles. The fourth-order valence-electron chi connectivity index (χ4n) is 9.00. The van der Waals surface area contributed by atoms with Crippen LogP contribution in [-0.2, 0) is 28.0 Å². The van der Waals surface area contributed by atoms with Gasteiger partial charge in [0.1, 0.15) is 0 Å². The topological polar surface area (TPSA) is 40.8 Å². The molecular formula is C55H35N5OPt-2. The zero-order valence-corrected chi connectivity index (χ0v) is 35.2. The molecule has 0 radical (unpaired) electrons. The van der Waals surface area contributed by atoms with Gasteiger partial charge in [-0.25, -0.2) is 0 Å². The number of ether oxygens (including phenoxy) is 1. The fraction of sp³-hybridized carbons (Fsp3) is 0.0182. The summed E-state index contributed by atoms with van der Waals surface area (Å²) in [6.07, 6.45) is 5.01. The molecule has 6 nitrogen and oxygen atoms in total. The number of rotatable bonds is 7. The molecule has 298 valence electrons. The molecular weight excluding hydrogens is 942 g/mol. The molecule has 0 aliphatic rings. The number of hydrogen-bond acceptors (Lipinski definition) is 2. The first-order chi connectivity index (χ1) is 31.4. The van der Waals surface area contributed by atoms with E-state index in [0.717, 1.165) is 77.4 Å². The first-order valence-electron chi connectivity index (χ1n) is 21.6. The summed E-state index contributed by atoms with van der Waals surface area (Å²) in [6, 6.07) is 69.8. The average Bonchev–Trinajstić information content (AvgIpc) is 4.01. The molecule has 0 fully saturated rings. The number of pyridine rings is 1. The summed E-state index contributed by atoms with van der Waals surface area (Å²) in [5.41, 5.74) is 10.8. The standard InChI is InChI=1S/C55H35N5O.Pt/c1-57-36-58(38-17-13-19-40(35-38)61-39-18-12-16-37(34-39)46-25-10-11-33-56-46)53-32-14-24-45(55(53)57)54-51(59-47-26-6-2-20-41(47)42-21-3-7-27-48(42)59)30-15-31-52(54)60-49-28-8-4-22-43(49)44-23-5-9-29-50(44)60;/h2-33H,1H3;/q-2;/i1D3;. The van der Waals surface area contributed by atoms with Gasteiger partial charge in [-0.15, -0.1) is 35.9 Å². The van der Waals surface area contributed by atoms with Crippen LogP contribution in [-0.4, -0.2) is 18.7 Å². The number of fused-ring (bicyclic) bond motifs is 7. The molecule has 0 saturated heterocycles. The second-order valence-electron chi connectivity index (χ2n) is 15.0. The number of para-hydroxylation sites is 5. The molecule has 0 aliphatic carbocycles. The molecule has 0 aliphatic heterocycles. The van der Waals surface area contributed by atoms with Crippen molar-refractivity contribution in [3.63, 3.8) is 0 Å². The Bertz CT molecular complexity index is 3540. The molecule has 7 heteroatoms. The number of benzene rings is 8. The van der Waals surface area contributed by atoms with Crippen LogP contribution in [0.5, 0.6) is 11.5 Å². The van der Waals surface area contributed by atoms with Gasteiger partial charge in [-0.05, 0) is 53.7 Å². The summed E-state index contributed by atoms with van der Waals surface area (Å²) >= 11 is 0. The van der Waals surface area contributed by atoms with E-state index in [1.165, 1.54) is 4.57 Å². The van der Waals surface area contributed by atoms with Crippen LogP contribution >= 0.6 is 0 Å². The molecule has 4 heterocycles. The Morgan fingerprint density at radius 2 is 1.03 bits per heavy atom. The minimum atomic E-state index is -2.61. The maximum Gasteiger partial charge on any atom is 0.242 e. The maximum atomic E-state index is 8.99. The first kappa shape index (κ1) is 34.2. The predicted octanol–water partition coefficient (Wildman–Crippen LogP) is 12.6. The molecule has 12 rings (SSSR count). The molecule has 0 amide bonds. The number of hydrogen-bond donors (Lipinski definition) is 0. The van der Waals surface area contributed by atoms with E-state index in [4.69, 9.17) is 8.85 Å².